The lowest BCUT2D eigenvalue weighted by molar-refractivity contribution is -0.197. The normalized spacial score (nSPS) is 53.0. The topological polar surface area (TPSA) is 79.4 Å². The van der Waals surface area contributed by atoms with Crippen molar-refractivity contribution in [1.82, 2.24) is 10.3 Å². The molecule has 3 fully saturated rings. The van der Waals surface area contributed by atoms with Crippen LogP contribution in [0.1, 0.15) is 63.8 Å². The molecule has 7 atom stereocenters. The molecule has 3 unspecified atom stereocenters. The van der Waals surface area contributed by atoms with Gasteiger partial charge in [0.25, 0.3) is 0 Å². The first-order valence-corrected chi connectivity index (χ1v) is 9.60. The summed E-state index contributed by atoms with van der Waals surface area (Å²) in [5.41, 5.74) is 0.535. The Balaban J connectivity index is 1.50. The summed E-state index contributed by atoms with van der Waals surface area (Å²) in [6.07, 6.45) is 7.76. The predicted octanol–water partition coefficient (Wildman–Crippen LogP) is 2.50. The second-order valence-electron chi connectivity index (χ2n) is 9.47. The Hall–Kier alpha value is -0.940. The second-order valence-corrected chi connectivity index (χ2v) is 9.47. The smallest absolute Gasteiger partial charge is 0.108 e. The first kappa shape index (κ1) is 15.3. The summed E-state index contributed by atoms with van der Waals surface area (Å²) in [5, 5.41) is 30.3. The molecule has 4 aliphatic rings. The van der Waals surface area contributed by atoms with Crippen LogP contribution in [0.2, 0.25) is 0 Å². The molecule has 0 spiro atoms. The molecule has 1 aromatic heterocycles. The van der Waals surface area contributed by atoms with Crippen LogP contribution in [-0.4, -0.2) is 31.7 Å². The Morgan fingerprint density at radius 3 is 2.54 bits per heavy atom. The minimum atomic E-state index is -0.920. The van der Waals surface area contributed by atoms with Crippen molar-refractivity contribution in [2.75, 3.05) is 0 Å². The molecule has 2 N–H and O–H groups in total. The molecule has 5 nitrogen and oxygen atoms in total. The Labute approximate surface area is 142 Å². The molecule has 0 radical (unpaired) electrons. The average Bonchev–Trinajstić information content (AvgIpc) is 3.06. The summed E-state index contributed by atoms with van der Waals surface area (Å²) in [5.74, 6) is 2.03. The molecule has 132 valence electrons. The van der Waals surface area contributed by atoms with Gasteiger partial charge in [-0.05, 0) is 81.0 Å². The number of aliphatic hydroxyl groups is 2. The summed E-state index contributed by atoms with van der Waals surface area (Å²) in [4.78, 5) is 0. The minimum Gasteiger partial charge on any atom is -0.387 e. The third-order valence-electron chi connectivity index (χ3n) is 8.61. The lowest BCUT2D eigenvalue weighted by Gasteiger charge is -2.59. The van der Waals surface area contributed by atoms with Crippen molar-refractivity contribution < 1.29 is 14.8 Å². The first-order chi connectivity index (χ1) is 11.4. The fourth-order valence-corrected chi connectivity index (χ4v) is 7.15. The maximum atomic E-state index is 11.3. The molecule has 0 aliphatic heterocycles. The molecule has 1 aromatic rings. The van der Waals surface area contributed by atoms with Crippen molar-refractivity contribution in [2.45, 2.75) is 76.4 Å². The molecule has 5 rings (SSSR count). The van der Waals surface area contributed by atoms with E-state index in [-0.39, 0.29) is 11.3 Å². The van der Waals surface area contributed by atoms with Crippen molar-refractivity contribution in [2.24, 2.45) is 29.1 Å². The van der Waals surface area contributed by atoms with Crippen LogP contribution in [0.5, 0.6) is 0 Å². The van der Waals surface area contributed by atoms with Gasteiger partial charge in [-0.15, -0.1) is 0 Å². The van der Waals surface area contributed by atoms with E-state index in [1.165, 1.54) is 12.8 Å². The van der Waals surface area contributed by atoms with Crippen LogP contribution < -0.4 is 0 Å². The van der Waals surface area contributed by atoms with Crippen molar-refractivity contribution in [1.29, 1.82) is 0 Å². The van der Waals surface area contributed by atoms with E-state index in [2.05, 4.69) is 17.2 Å². The van der Waals surface area contributed by atoms with Gasteiger partial charge in [0.1, 0.15) is 11.4 Å². The molecule has 0 bridgehead atoms. The quantitative estimate of drug-likeness (QED) is 0.763. The zero-order valence-electron chi connectivity index (χ0n) is 14.7. The molecular weight excluding hydrogens is 304 g/mol. The van der Waals surface area contributed by atoms with Gasteiger partial charge in [0.2, 0.25) is 0 Å². The highest BCUT2D eigenvalue weighted by Gasteiger charge is 2.65. The third-order valence-corrected chi connectivity index (χ3v) is 8.61. The first-order valence-electron chi connectivity index (χ1n) is 9.60. The highest BCUT2D eigenvalue weighted by Crippen LogP contribution is 2.64. The molecular formula is C19H28N2O3. The Morgan fingerprint density at radius 1 is 0.958 bits per heavy atom. The predicted molar refractivity (Wildman–Crippen MR) is 87.0 cm³/mol. The molecule has 0 amide bonds. The van der Waals surface area contributed by atoms with Gasteiger partial charge < -0.3 is 10.2 Å². The molecule has 0 aromatic carbocycles. The van der Waals surface area contributed by atoms with Crippen LogP contribution in [0.3, 0.4) is 0 Å². The Morgan fingerprint density at radius 2 is 1.71 bits per heavy atom. The SMILES string of the molecule is C[C@]12Cc3nonc3C[C@@H]1CCC1C3CC[C@@](C)(O)[C@@]3(O)CCC12. The number of aromatic nitrogens is 2. The largest absolute Gasteiger partial charge is 0.387 e. The van der Waals surface area contributed by atoms with Crippen LogP contribution in [-0.2, 0) is 12.8 Å². The number of hydrogen-bond donors (Lipinski definition) is 2. The molecule has 24 heavy (non-hydrogen) atoms. The molecule has 0 saturated heterocycles. The van der Waals surface area contributed by atoms with Crippen molar-refractivity contribution in [3.8, 4) is 0 Å². The van der Waals surface area contributed by atoms with E-state index in [0.29, 0.717) is 17.8 Å². The Kier molecular flexibility index (Phi) is 2.94. The molecule has 4 aliphatic carbocycles. The monoisotopic (exact) mass is 332 g/mol. The van der Waals surface area contributed by atoms with Crippen molar-refractivity contribution in [3.63, 3.8) is 0 Å². The van der Waals surface area contributed by atoms with Crippen molar-refractivity contribution >= 4 is 0 Å². The summed E-state index contributed by atoms with van der Waals surface area (Å²) in [7, 11) is 0. The van der Waals surface area contributed by atoms with Crippen LogP contribution in [0.15, 0.2) is 4.63 Å². The van der Waals surface area contributed by atoms with E-state index >= 15 is 0 Å². The van der Waals surface area contributed by atoms with E-state index in [9.17, 15) is 10.2 Å². The lowest BCUT2D eigenvalue weighted by atomic mass is 9.46. The summed E-state index contributed by atoms with van der Waals surface area (Å²) < 4.78 is 4.99. The van der Waals surface area contributed by atoms with Gasteiger partial charge in [-0.25, -0.2) is 4.63 Å². The number of hydrogen-bond acceptors (Lipinski definition) is 5. The fraction of sp³-hybridized carbons (Fsp3) is 0.895. The summed E-state index contributed by atoms with van der Waals surface area (Å²) in [6.45, 7) is 4.28. The van der Waals surface area contributed by atoms with Crippen LogP contribution >= 0.6 is 0 Å². The second kappa shape index (κ2) is 4.61. The fourth-order valence-electron chi connectivity index (χ4n) is 7.15. The van der Waals surface area contributed by atoms with E-state index in [1.54, 1.807) is 0 Å². The highest BCUT2D eigenvalue weighted by molar-refractivity contribution is 5.22. The van der Waals surface area contributed by atoms with Gasteiger partial charge in [0, 0.05) is 6.42 Å². The van der Waals surface area contributed by atoms with Gasteiger partial charge in [-0.3, -0.25) is 0 Å². The van der Waals surface area contributed by atoms with Gasteiger partial charge in [0.05, 0.1) is 11.2 Å². The molecule has 1 heterocycles. The highest BCUT2D eigenvalue weighted by atomic mass is 16.6. The summed E-state index contributed by atoms with van der Waals surface area (Å²) >= 11 is 0. The lowest BCUT2D eigenvalue weighted by Crippen LogP contribution is -2.61. The standard InChI is InChI=1S/C19H28N2O3/c1-17-10-16-15(20-24-21-16)9-11(17)3-4-12-13(17)6-8-19(23)14(12)5-7-18(19,2)22/h11-14,22-23H,3-10H2,1-2H3/t11-,12?,13?,14?,17-,18+,19+/m0/s1. The zero-order valence-corrected chi connectivity index (χ0v) is 14.7. The van der Waals surface area contributed by atoms with Gasteiger partial charge in [0.15, 0.2) is 0 Å². The van der Waals surface area contributed by atoms with Gasteiger partial charge >= 0.3 is 0 Å². The third kappa shape index (κ3) is 1.73. The van der Waals surface area contributed by atoms with Crippen LogP contribution in [0, 0.1) is 29.1 Å². The Bertz CT molecular complexity index is 671. The summed E-state index contributed by atoms with van der Waals surface area (Å²) in [6, 6.07) is 0. The maximum Gasteiger partial charge on any atom is 0.108 e. The van der Waals surface area contributed by atoms with Gasteiger partial charge in [-0.1, -0.05) is 17.2 Å². The van der Waals surface area contributed by atoms with Crippen molar-refractivity contribution in [3.05, 3.63) is 11.4 Å². The van der Waals surface area contributed by atoms with E-state index < -0.39 is 11.2 Å². The molecule has 3 saturated carbocycles. The number of rotatable bonds is 0. The zero-order chi connectivity index (χ0) is 16.7. The van der Waals surface area contributed by atoms with Gasteiger partial charge in [-0.2, -0.15) is 0 Å². The average molecular weight is 332 g/mol. The van der Waals surface area contributed by atoms with Crippen LogP contribution in [0.4, 0.5) is 0 Å². The van der Waals surface area contributed by atoms with E-state index in [1.807, 2.05) is 6.92 Å². The number of nitrogens with zero attached hydrogens (tertiary/aromatic N) is 2. The van der Waals surface area contributed by atoms with Crippen LogP contribution in [0.25, 0.3) is 0 Å². The molecule has 5 heteroatoms. The maximum absolute atomic E-state index is 11.3. The van der Waals surface area contributed by atoms with E-state index in [0.717, 1.165) is 49.9 Å². The minimum absolute atomic E-state index is 0.226. The van der Waals surface area contributed by atoms with E-state index in [4.69, 9.17) is 4.63 Å². The number of fused-ring (bicyclic) bond motifs is 6.